The summed E-state index contributed by atoms with van der Waals surface area (Å²) in [6, 6.07) is 0. The fraction of sp³-hybridized carbons (Fsp3) is 0.600. The normalized spacial score (nSPS) is 15.1. The predicted octanol–water partition coefficient (Wildman–Crippen LogP) is 1.49. The second-order valence-electron chi connectivity index (χ2n) is 1.58. The van der Waals surface area contributed by atoms with E-state index in [2.05, 4.69) is 6.58 Å². The van der Waals surface area contributed by atoms with Crippen molar-refractivity contribution in [1.29, 1.82) is 0 Å². The van der Waals surface area contributed by atoms with Crippen molar-refractivity contribution in [3.8, 4) is 0 Å². The molecular formula is C5H7F3O. The summed E-state index contributed by atoms with van der Waals surface area (Å²) in [6.07, 6.45) is -6.32. The third-order valence-electron chi connectivity index (χ3n) is 0.750. The molecule has 0 aliphatic rings. The van der Waals surface area contributed by atoms with E-state index < -0.39 is 18.7 Å². The van der Waals surface area contributed by atoms with Gasteiger partial charge in [-0.05, 0) is 0 Å². The SMILES string of the molecule is C=CCC(F)C(O)(F)F. The standard InChI is InChI=1S/C5H7F3O/c1-2-3-4(6)5(7,8)9/h2,4,9H,1,3H2. The smallest absolute Gasteiger partial charge is 0.334 e. The van der Waals surface area contributed by atoms with E-state index in [9.17, 15) is 13.2 Å². The van der Waals surface area contributed by atoms with E-state index in [1.165, 1.54) is 0 Å². The molecule has 0 aromatic carbocycles. The fourth-order valence-corrected chi connectivity index (χ4v) is 0.288. The molecular weight excluding hydrogens is 133 g/mol. The Labute approximate surface area is 50.8 Å². The highest BCUT2D eigenvalue weighted by atomic mass is 19.3. The molecule has 0 aliphatic heterocycles. The molecule has 1 unspecified atom stereocenters. The predicted molar refractivity (Wildman–Crippen MR) is 26.9 cm³/mol. The molecule has 0 fully saturated rings. The van der Waals surface area contributed by atoms with Crippen LogP contribution in [0.4, 0.5) is 13.2 Å². The van der Waals surface area contributed by atoms with Gasteiger partial charge in [0, 0.05) is 6.42 Å². The van der Waals surface area contributed by atoms with Crippen LogP contribution in [0.25, 0.3) is 0 Å². The lowest BCUT2D eigenvalue weighted by Crippen LogP contribution is -2.28. The lowest BCUT2D eigenvalue weighted by molar-refractivity contribution is -0.239. The van der Waals surface area contributed by atoms with Crippen molar-refractivity contribution in [2.45, 2.75) is 18.7 Å². The molecule has 0 aromatic rings. The molecule has 1 atom stereocenters. The van der Waals surface area contributed by atoms with E-state index in [1.54, 1.807) is 0 Å². The molecule has 0 bridgehead atoms. The Morgan fingerprint density at radius 3 is 2.22 bits per heavy atom. The zero-order valence-electron chi connectivity index (χ0n) is 4.65. The molecule has 0 saturated heterocycles. The number of halogens is 3. The van der Waals surface area contributed by atoms with Gasteiger partial charge in [-0.3, -0.25) is 0 Å². The first-order valence-electron chi connectivity index (χ1n) is 2.33. The maximum atomic E-state index is 11.8. The summed E-state index contributed by atoms with van der Waals surface area (Å²) in [4.78, 5) is 0. The van der Waals surface area contributed by atoms with Gasteiger partial charge in [0.2, 0.25) is 0 Å². The Kier molecular flexibility index (Phi) is 2.70. The lowest BCUT2D eigenvalue weighted by Gasteiger charge is -2.11. The van der Waals surface area contributed by atoms with Crippen LogP contribution in [-0.2, 0) is 0 Å². The molecule has 1 nitrogen and oxygen atoms in total. The summed E-state index contributed by atoms with van der Waals surface area (Å²) < 4.78 is 34.7. The minimum atomic E-state index is -4.23. The quantitative estimate of drug-likeness (QED) is 0.589. The van der Waals surface area contributed by atoms with Crippen molar-refractivity contribution in [3.63, 3.8) is 0 Å². The topological polar surface area (TPSA) is 20.2 Å². The average molecular weight is 140 g/mol. The summed E-state index contributed by atoms with van der Waals surface area (Å²) in [7, 11) is 0. The molecule has 4 heteroatoms. The van der Waals surface area contributed by atoms with Crippen LogP contribution in [0.5, 0.6) is 0 Å². The first kappa shape index (κ1) is 8.49. The van der Waals surface area contributed by atoms with E-state index in [-0.39, 0.29) is 0 Å². The zero-order chi connectivity index (χ0) is 7.49. The van der Waals surface area contributed by atoms with E-state index in [1.807, 2.05) is 0 Å². The molecule has 0 radical (unpaired) electrons. The largest absolute Gasteiger partial charge is 0.384 e. The first-order chi connectivity index (χ1) is 3.98. The van der Waals surface area contributed by atoms with Gasteiger partial charge in [-0.2, -0.15) is 8.78 Å². The molecule has 0 saturated carbocycles. The van der Waals surface area contributed by atoms with Crippen LogP contribution in [0.1, 0.15) is 6.42 Å². The number of allylic oxidation sites excluding steroid dienone is 1. The lowest BCUT2D eigenvalue weighted by atomic mass is 10.2. The molecule has 0 spiro atoms. The first-order valence-corrected chi connectivity index (χ1v) is 2.33. The van der Waals surface area contributed by atoms with Crippen LogP contribution in [0.2, 0.25) is 0 Å². The minimum absolute atomic E-state index is 0.538. The second kappa shape index (κ2) is 2.87. The van der Waals surface area contributed by atoms with Crippen molar-refractivity contribution in [2.75, 3.05) is 0 Å². The van der Waals surface area contributed by atoms with E-state index in [0.29, 0.717) is 0 Å². The van der Waals surface area contributed by atoms with Crippen LogP contribution in [0.15, 0.2) is 12.7 Å². The minimum Gasteiger partial charge on any atom is -0.334 e. The number of aliphatic hydroxyl groups is 1. The Morgan fingerprint density at radius 2 is 2.11 bits per heavy atom. The molecule has 0 amide bonds. The Morgan fingerprint density at radius 1 is 1.67 bits per heavy atom. The van der Waals surface area contributed by atoms with E-state index in [4.69, 9.17) is 5.11 Å². The molecule has 0 rings (SSSR count). The Bertz CT molecular complexity index is 96.9. The zero-order valence-corrected chi connectivity index (χ0v) is 4.65. The maximum Gasteiger partial charge on any atom is 0.384 e. The van der Waals surface area contributed by atoms with Crippen LogP contribution >= 0.6 is 0 Å². The van der Waals surface area contributed by atoms with Crippen molar-refractivity contribution in [1.82, 2.24) is 0 Å². The fourth-order valence-electron chi connectivity index (χ4n) is 0.288. The number of hydrogen-bond donors (Lipinski definition) is 1. The average Bonchev–Trinajstić information content (AvgIpc) is 1.64. The second-order valence-corrected chi connectivity index (χ2v) is 1.58. The summed E-state index contributed by atoms with van der Waals surface area (Å²) >= 11 is 0. The van der Waals surface area contributed by atoms with Crippen molar-refractivity contribution in [3.05, 3.63) is 12.7 Å². The van der Waals surface area contributed by atoms with Gasteiger partial charge in [-0.25, -0.2) is 4.39 Å². The third kappa shape index (κ3) is 3.13. The van der Waals surface area contributed by atoms with Gasteiger partial charge in [0.1, 0.15) is 0 Å². The van der Waals surface area contributed by atoms with Gasteiger partial charge in [0.05, 0.1) is 0 Å². The highest BCUT2D eigenvalue weighted by molar-refractivity contribution is 4.76. The van der Waals surface area contributed by atoms with Crippen LogP contribution < -0.4 is 0 Å². The highest BCUT2D eigenvalue weighted by Crippen LogP contribution is 2.19. The summed E-state index contributed by atoms with van der Waals surface area (Å²) in [5, 5.41) is 7.66. The Balaban J connectivity index is 3.72. The van der Waals surface area contributed by atoms with Gasteiger partial charge in [0.25, 0.3) is 0 Å². The van der Waals surface area contributed by atoms with Crippen LogP contribution in [0, 0.1) is 0 Å². The van der Waals surface area contributed by atoms with Gasteiger partial charge in [0.15, 0.2) is 6.17 Å². The molecule has 54 valence electrons. The maximum absolute atomic E-state index is 11.8. The van der Waals surface area contributed by atoms with Crippen molar-refractivity contribution < 1.29 is 18.3 Å². The van der Waals surface area contributed by atoms with Crippen molar-refractivity contribution >= 4 is 0 Å². The van der Waals surface area contributed by atoms with Crippen LogP contribution in [-0.4, -0.2) is 17.4 Å². The summed E-state index contributed by atoms with van der Waals surface area (Å²) in [5.74, 6) is 0. The number of alkyl halides is 3. The summed E-state index contributed by atoms with van der Waals surface area (Å²) in [5.41, 5.74) is 0. The van der Waals surface area contributed by atoms with Gasteiger partial charge in [-0.15, -0.1) is 6.58 Å². The van der Waals surface area contributed by atoms with Gasteiger partial charge >= 0.3 is 6.11 Å². The number of hydrogen-bond acceptors (Lipinski definition) is 1. The molecule has 0 aromatic heterocycles. The Hall–Kier alpha value is -0.510. The van der Waals surface area contributed by atoms with Gasteiger partial charge in [-0.1, -0.05) is 6.08 Å². The molecule has 0 aliphatic carbocycles. The summed E-state index contributed by atoms with van der Waals surface area (Å²) in [6.45, 7) is 3.03. The molecule has 9 heavy (non-hydrogen) atoms. The van der Waals surface area contributed by atoms with Crippen LogP contribution in [0.3, 0.4) is 0 Å². The van der Waals surface area contributed by atoms with Gasteiger partial charge < -0.3 is 5.11 Å². The third-order valence-corrected chi connectivity index (χ3v) is 0.750. The van der Waals surface area contributed by atoms with E-state index in [0.717, 1.165) is 6.08 Å². The highest BCUT2D eigenvalue weighted by Gasteiger charge is 2.36. The van der Waals surface area contributed by atoms with Crippen molar-refractivity contribution in [2.24, 2.45) is 0 Å². The van der Waals surface area contributed by atoms with E-state index >= 15 is 0 Å². The molecule has 1 N–H and O–H groups in total. The molecule has 0 heterocycles. The monoisotopic (exact) mass is 140 g/mol. The number of rotatable bonds is 3.